The van der Waals surface area contributed by atoms with Gasteiger partial charge in [0.1, 0.15) is 5.75 Å². The molecule has 1 N–H and O–H groups in total. The summed E-state index contributed by atoms with van der Waals surface area (Å²) in [7, 11) is 0. The van der Waals surface area contributed by atoms with Gasteiger partial charge in [-0.05, 0) is 42.9 Å². The van der Waals surface area contributed by atoms with Crippen LogP contribution in [-0.2, 0) is 9.53 Å². The summed E-state index contributed by atoms with van der Waals surface area (Å²) < 4.78 is 5.10. The fraction of sp³-hybridized carbons (Fsp3) is 0.278. The van der Waals surface area contributed by atoms with E-state index in [-0.39, 0.29) is 11.7 Å². The molecule has 0 aromatic heterocycles. The number of phenols is 1. The first kappa shape index (κ1) is 18.1. The minimum Gasteiger partial charge on any atom is -0.507 e. The van der Waals surface area contributed by atoms with Crippen molar-refractivity contribution in [3.63, 3.8) is 0 Å². The van der Waals surface area contributed by atoms with E-state index < -0.39 is 0 Å². The molecule has 1 aromatic rings. The fourth-order valence-electron chi connectivity index (χ4n) is 2.02. The molecule has 0 fully saturated rings. The van der Waals surface area contributed by atoms with Crippen LogP contribution in [0.3, 0.4) is 0 Å². The van der Waals surface area contributed by atoms with Crippen molar-refractivity contribution in [2.45, 2.75) is 27.2 Å². The van der Waals surface area contributed by atoms with Crippen molar-refractivity contribution in [3.8, 4) is 5.75 Å². The lowest BCUT2D eigenvalue weighted by Gasteiger charge is -2.10. The third-order valence-corrected chi connectivity index (χ3v) is 3.36. The van der Waals surface area contributed by atoms with E-state index in [4.69, 9.17) is 4.74 Å². The first-order valence-electron chi connectivity index (χ1n) is 7.23. The van der Waals surface area contributed by atoms with Crippen molar-refractivity contribution in [3.05, 3.63) is 58.0 Å². The lowest BCUT2D eigenvalue weighted by atomic mass is 10.0. The van der Waals surface area contributed by atoms with Crippen molar-refractivity contribution in [2.75, 3.05) is 6.61 Å². The molecular weight excluding hydrogens is 296 g/mol. The summed E-state index contributed by atoms with van der Waals surface area (Å²) in [6.07, 6.45) is 5.86. The number of hydrogen-bond donors (Lipinski definition) is 2. The molecule has 3 nitrogen and oxygen atoms in total. The molecule has 0 aliphatic rings. The number of ether oxygens (including phenoxy) is 1. The third kappa shape index (κ3) is 5.11. The van der Waals surface area contributed by atoms with Gasteiger partial charge in [0.05, 0.1) is 12.2 Å². The van der Waals surface area contributed by atoms with Crippen LogP contribution >= 0.6 is 12.6 Å². The maximum absolute atomic E-state index is 12.1. The standard InChI is InChI=1S/C18H22O3S/c1-4-15(13(3)22)16(18(20)21-5-2)11-8-10-14-9-6-7-12-17(14)19/h6-12,19,22H,4-5H2,1-3H3/b10-8+,15-13-,16-11-. The normalized spacial score (nSPS) is 13.2. The zero-order valence-corrected chi connectivity index (χ0v) is 14.1. The molecule has 0 heterocycles. The van der Waals surface area contributed by atoms with Gasteiger partial charge in [-0.2, -0.15) is 0 Å². The van der Waals surface area contributed by atoms with Crippen molar-refractivity contribution in [1.29, 1.82) is 0 Å². The first-order chi connectivity index (χ1) is 10.5. The molecule has 0 spiro atoms. The summed E-state index contributed by atoms with van der Waals surface area (Å²) in [5, 5.41) is 9.73. The zero-order chi connectivity index (χ0) is 16.5. The number of allylic oxidation sites excluding steroid dienone is 3. The van der Waals surface area contributed by atoms with Gasteiger partial charge in [0, 0.05) is 5.56 Å². The summed E-state index contributed by atoms with van der Waals surface area (Å²) in [5.41, 5.74) is 2.03. The van der Waals surface area contributed by atoms with Gasteiger partial charge in [0.25, 0.3) is 0 Å². The Morgan fingerprint density at radius 1 is 1.32 bits per heavy atom. The number of aromatic hydroxyl groups is 1. The minimum absolute atomic E-state index is 0.196. The van der Waals surface area contributed by atoms with Gasteiger partial charge < -0.3 is 9.84 Å². The largest absolute Gasteiger partial charge is 0.507 e. The number of benzene rings is 1. The molecule has 0 aliphatic carbocycles. The van der Waals surface area contributed by atoms with Gasteiger partial charge in [-0.15, -0.1) is 12.6 Å². The number of carbonyl (C=O) groups is 1. The molecule has 4 heteroatoms. The molecule has 1 rings (SSSR count). The van der Waals surface area contributed by atoms with E-state index in [0.717, 1.165) is 10.5 Å². The van der Waals surface area contributed by atoms with Crippen molar-refractivity contribution >= 4 is 24.7 Å². The van der Waals surface area contributed by atoms with Gasteiger partial charge in [0.2, 0.25) is 0 Å². The van der Waals surface area contributed by atoms with E-state index in [9.17, 15) is 9.90 Å². The average Bonchev–Trinajstić information content (AvgIpc) is 2.48. The Labute approximate surface area is 137 Å². The molecule has 0 saturated carbocycles. The average molecular weight is 318 g/mol. The first-order valence-corrected chi connectivity index (χ1v) is 7.68. The van der Waals surface area contributed by atoms with E-state index in [1.165, 1.54) is 0 Å². The Balaban J connectivity index is 3.14. The van der Waals surface area contributed by atoms with Crippen LogP contribution < -0.4 is 0 Å². The van der Waals surface area contributed by atoms with Crippen LogP contribution in [0.5, 0.6) is 5.75 Å². The molecule has 0 saturated heterocycles. The zero-order valence-electron chi connectivity index (χ0n) is 13.2. The molecule has 0 bridgehead atoms. The predicted molar refractivity (Wildman–Crippen MR) is 93.8 cm³/mol. The fourth-order valence-corrected chi connectivity index (χ4v) is 2.30. The maximum atomic E-state index is 12.1. The molecule has 0 radical (unpaired) electrons. The lowest BCUT2D eigenvalue weighted by molar-refractivity contribution is -0.138. The number of carbonyl (C=O) groups excluding carboxylic acids is 1. The number of rotatable bonds is 6. The van der Waals surface area contributed by atoms with E-state index >= 15 is 0 Å². The van der Waals surface area contributed by atoms with Crippen LogP contribution in [0.15, 0.2) is 52.5 Å². The highest BCUT2D eigenvalue weighted by Crippen LogP contribution is 2.23. The van der Waals surface area contributed by atoms with Crippen molar-refractivity contribution in [1.82, 2.24) is 0 Å². The summed E-state index contributed by atoms with van der Waals surface area (Å²) >= 11 is 4.35. The summed E-state index contributed by atoms with van der Waals surface area (Å²) in [4.78, 5) is 12.9. The van der Waals surface area contributed by atoms with Crippen LogP contribution in [0.2, 0.25) is 0 Å². The number of hydrogen-bond acceptors (Lipinski definition) is 4. The SMILES string of the molecule is CCOC(=O)C(=C\C=C\c1ccccc1O)/C(CC)=C(/C)S. The lowest BCUT2D eigenvalue weighted by Crippen LogP contribution is -2.10. The Hall–Kier alpha value is -1.94. The summed E-state index contributed by atoms with van der Waals surface area (Å²) in [6.45, 7) is 5.91. The second-order valence-electron chi connectivity index (χ2n) is 4.64. The topological polar surface area (TPSA) is 46.5 Å². The number of esters is 1. The molecule has 0 amide bonds. The quantitative estimate of drug-likeness (QED) is 0.351. The minimum atomic E-state index is -0.366. The van der Waals surface area contributed by atoms with Gasteiger partial charge in [-0.1, -0.05) is 37.3 Å². The van der Waals surface area contributed by atoms with Crippen LogP contribution in [0.4, 0.5) is 0 Å². The third-order valence-electron chi connectivity index (χ3n) is 3.09. The van der Waals surface area contributed by atoms with Crippen molar-refractivity contribution in [2.24, 2.45) is 0 Å². The van der Waals surface area contributed by atoms with Crippen LogP contribution in [0.1, 0.15) is 32.8 Å². The highest BCUT2D eigenvalue weighted by Gasteiger charge is 2.15. The monoisotopic (exact) mass is 318 g/mol. The van der Waals surface area contributed by atoms with Gasteiger partial charge in [0.15, 0.2) is 0 Å². The number of thiol groups is 1. The van der Waals surface area contributed by atoms with Crippen LogP contribution in [0, 0.1) is 0 Å². The number of phenolic OH excluding ortho intramolecular Hbond substituents is 1. The highest BCUT2D eigenvalue weighted by atomic mass is 32.1. The van der Waals surface area contributed by atoms with Crippen LogP contribution in [0.25, 0.3) is 6.08 Å². The molecule has 22 heavy (non-hydrogen) atoms. The Morgan fingerprint density at radius 2 is 2.00 bits per heavy atom. The molecule has 0 atom stereocenters. The smallest absolute Gasteiger partial charge is 0.338 e. The second-order valence-corrected chi connectivity index (χ2v) is 5.31. The maximum Gasteiger partial charge on any atom is 0.338 e. The molecule has 0 aliphatic heterocycles. The Bertz CT molecular complexity index is 609. The van der Waals surface area contributed by atoms with E-state index in [1.54, 1.807) is 43.4 Å². The number of para-hydroxylation sites is 1. The summed E-state index contributed by atoms with van der Waals surface area (Å²) in [5.74, 6) is -0.170. The van der Waals surface area contributed by atoms with E-state index in [0.29, 0.717) is 24.2 Å². The summed E-state index contributed by atoms with van der Waals surface area (Å²) in [6, 6.07) is 7.01. The molecule has 0 unspecified atom stereocenters. The van der Waals surface area contributed by atoms with Gasteiger partial charge in [-0.3, -0.25) is 0 Å². The molecular formula is C18H22O3S. The van der Waals surface area contributed by atoms with E-state index in [2.05, 4.69) is 12.6 Å². The van der Waals surface area contributed by atoms with Crippen molar-refractivity contribution < 1.29 is 14.6 Å². The highest BCUT2D eigenvalue weighted by molar-refractivity contribution is 7.84. The predicted octanol–water partition coefficient (Wildman–Crippen LogP) is 4.51. The second kappa shape index (κ2) is 9.15. The molecule has 118 valence electrons. The van der Waals surface area contributed by atoms with Gasteiger partial charge in [-0.25, -0.2) is 4.79 Å². The van der Waals surface area contributed by atoms with E-state index in [1.807, 2.05) is 19.9 Å². The Kier molecular flexibility index (Phi) is 7.54. The Morgan fingerprint density at radius 3 is 2.55 bits per heavy atom. The van der Waals surface area contributed by atoms with Gasteiger partial charge >= 0.3 is 5.97 Å². The molecule has 1 aromatic carbocycles. The van der Waals surface area contributed by atoms with Crippen LogP contribution in [-0.4, -0.2) is 17.7 Å².